The molecule has 3 N–H and O–H groups in total. The molecule has 0 aromatic heterocycles. The quantitative estimate of drug-likeness (QED) is 0.284. The van der Waals surface area contributed by atoms with E-state index >= 15 is 0 Å². The predicted molar refractivity (Wildman–Crippen MR) is 103 cm³/mol. The maximum absolute atomic E-state index is 12.4. The molecule has 6 heteroatoms. The molecule has 0 aromatic carbocycles. The molecule has 0 aliphatic carbocycles. The van der Waals surface area contributed by atoms with Gasteiger partial charge in [0.15, 0.2) is 22.5 Å². The number of Topliss-reactive ketones (excluding diaryl/α,β-unsaturated/α-hetero) is 2. The van der Waals surface area contributed by atoms with Crippen LogP contribution in [0.1, 0.15) is 90.9 Å². The maximum atomic E-state index is 12.4. The van der Waals surface area contributed by atoms with E-state index in [4.69, 9.17) is 0 Å². The molecule has 3 atom stereocenters. The Balaban J connectivity index is 4.65. The van der Waals surface area contributed by atoms with Crippen molar-refractivity contribution in [1.82, 2.24) is 0 Å². The standard InChI is InChI=1S/C19H37O5P/c1-3-5-7-9-11-13-16(21)18(23,15-20)19(24,25)17(22)14-12-10-8-6-4-2/h20,23-24H,3-15,25H2,1-2H3. The molecule has 3 unspecified atom stereocenters. The Labute approximate surface area is 154 Å². The summed E-state index contributed by atoms with van der Waals surface area (Å²) in [4.78, 5) is 24.7. The second kappa shape index (κ2) is 12.9. The first kappa shape index (κ1) is 24.7. The van der Waals surface area contributed by atoms with Crippen LogP contribution in [0.2, 0.25) is 0 Å². The summed E-state index contributed by atoms with van der Waals surface area (Å²) in [6.07, 6.45) is 9.39. The van der Waals surface area contributed by atoms with Gasteiger partial charge in [-0.3, -0.25) is 9.59 Å². The van der Waals surface area contributed by atoms with Crippen LogP contribution in [-0.4, -0.2) is 44.4 Å². The fourth-order valence-corrected chi connectivity index (χ4v) is 3.22. The van der Waals surface area contributed by atoms with Crippen LogP contribution >= 0.6 is 9.24 Å². The Bertz CT molecular complexity index is 397. The number of hydrogen-bond donors (Lipinski definition) is 3. The van der Waals surface area contributed by atoms with E-state index in [1.807, 2.05) is 9.24 Å². The highest BCUT2D eigenvalue weighted by Gasteiger charge is 2.54. The summed E-state index contributed by atoms with van der Waals surface area (Å²) in [6, 6.07) is 0. The summed E-state index contributed by atoms with van der Waals surface area (Å²) in [5.41, 5.74) is -2.46. The van der Waals surface area contributed by atoms with Crippen molar-refractivity contribution in [2.45, 2.75) is 102 Å². The third-order valence-electron chi connectivity index (χ3n) is 4.76. The van der Waals surface area contributed by atoms with E-state index in [2.05, 4.69) is 13.8 Å². The van der Waals surface area contributed by atoms with Gasteiger partial charge in [-0.1, -0.05) is 74.5 Å². The molecule has 0 aromatic rings. The van der Waals surface area contributed by atoms with Crippen LogP contribution in [0.15, 0.2) is 0 Å². The van der Waals surface area contributed by atoms with Crippen molar-refractivity contribution in [1.29, 1.82) is 0 Å². The number of carbonyl (C=O) groups excluding carboxylic acids is 2. The molecular weight excluding hydrogens is 339 g/mol. The molecule has 0 saturated heterocycles. The fourth-order valence-electron chi connectivity index (χ4n) is 2.83. The van der Waals surface area contributed by atoms with E-state index in [0.717, 1.165) is 51.4 Å². The lowest BCUT2D eigenvalue weighted by Gasteiger charge is -2.37. The highest BCUT2D eigenvalue weighted by atomic mass is 31.0. The van der Waals surface area contributed by atoms with Gasteiger partial charge in [0, 0.05) is 12.8 Å². The lowest BCUT2D eigenvalue weighted by molar-refractivity contribution is -0.172. The van der Waals surface area contributed by atoms with Crippen LogP contribution in [0.4, 0.5) is 0 Å². The summed E-state index contributed by atoms with van der Waals surface area (Å²) in [5.74, 6) is -1.30. The number of unbranched alkanes of at least 4 members (excludes halogenated alkanes) is 8. The minimum Gasteiger partial charge on any atom is -0.393 e. The van der Waals surface area contributed by atoms with E-state index < -0.39 is 29.1 Å². The molecule has 0 bridgehead atoms. The van der Waals surface area contributed by atoms with Crippen molar-refractivity contribution < 1.29 is 24.9 Å². The van der Waals surface area contributed by atoms with Gasteiger partial charge in [0.05, 0.1) is 6.61 Å². The van der Waals surface area contributed by atoms with Gasteiger partial charge >= 0.3 is 0 Å². The first-order valence-electron chi connectivity index (χ1n) is 9.69. The highest BCUT2D eigenvalue weighted by molar-refractivity contribution is 7.21. The monoisotopic (exact) mass is 376 g/mol. The fraction of sp³-hybridized carbons (Fsp3) is 0.895. The molecule has 0 aliphatic rings. The molecule has 0 heterocycles. The molecule has 0 radical (unpaired) electrons. The van der Waals surface area contributed by atoms with Crippen molar-refractivity contribution in [2.24, 2.45) is 0 Å². The van der Waals surface area contributed by atoms with Crippen LogP contribution in [0.25, 0.3) is 0 Å². The van der Waals surface area contributed by atoms with Crippen molar-refractivity contribution in [2.75, 3.05) is 6.61 Å². The molecule has 148 valence electrons. The van der Waals surface area contributed by atoms with E-state index in [0.29, 0.717) is 12.8 Å². The average Bonchev–Trinajstić information content (AvgIpc) is 2.59. The van der Waals surface area contributed by atoms with Crippen LogP contribution in [0.5, 0.6) is 0 Å². The summed E-state index contributed by atoms with van der Waals surface area (Å²) in [7, 11) is 1.89. The summed E-state index contributed by atoms with van der Waals surface area (Å²) >= 11 is 0. The summed E-state index contributed by atoms with van der Waals surface area (Å²) < 4.78 is 0. The van der Waals surface area contributed by atoms with Gasteiger partial charge in [0.25, 0.3) is 0 Å². The zero-order chi connectivity index (χ0) is 19.3. The Kier molecular flexibility index (Phi) is 12.7. The first-order chi connectivity index (χ1) is 11.8. The molecule has 0 saturated carbocycles. The average molecular weight is 376 g/mol. The SMILES string of the molecule is CCCCCCCC(=O)C(O)(P)C(O)(CO)C(=O)CCCCCCC. The predicted octanol–water partition coefficient (Wildman–Crippen LogP) is 3.13. The highest BCUT2D eigenvalue weighted by Crippen LogP contribution is 2.34. The van der Waals surface area contributed by atoms with Gasteiger partial charge in [0.1, 0.15) is 0 Å². The minimum atomic E-state index is -2.46. The van der Waals surface area contributed by atoms with Gasteiger partial charge in [-0.25, -0.2) is 0 Å². The second-order valence-corrected chi connectivity index (χ2v) is 7.80. The first-order valence-corrected chi connectivity index (χ1v) is 10.3. The lowest BCUT2D eigenvalue weighted by Crippen LogP contribution is -2.62. The Morgan fingerprint density at radius 1 is 0.760 bits per heavy atom. The van der Waals surface area contributed by atoms with E-state index in [1.54, 1.807) is 0 Å². The molecule has 0 fully saturated rings. The van der Waals surface area contributed by atoms with Crippen molar-refractivity contribution in [3.05, 3.63) is 0 Å². The van der Waals surface area contributed by atoms with Crippen LogP contribution in [-0.2, 0) is 9.59 Å². The van der Waals surface area contributed by atoms with Crippen LogP contribution in [0, 0.1) is 0 Å². The Morgan fingerprint density at radius 2 is 1.16 bits per heavy atom. The molecule has 5 nitrogen and oxygen atoms in total. The third kappa shape index (κ3) is 7.82. The van der Waals surface area contributed by atoms with Gasteiger partial charge in [0.2, 0.25) is 0 Å². The zero-order valence-electron chi connectivity index (χ0n) is 15.9. The van der Waals surface area contributed by atoms with Crippen molar-refractivity contribution in [3.63, 3.8) is 0 Å². The number of ketones is 2. The smallest absolute Gasteiger partial charge is 0.185 e. The van der Waals surface area contributed by atoms with E-state index in [-0.39, 0.29) is 12.8 Å². The van der Waals surface area contributed by atoms with Crippen LogP contribution in [0.3, 0.4) is 0 Å². The van der Waals surface area contributed by atoms with Gasteiger partial charge in [-0.15, -0.1) is 0 Å². The maximum Gasteiger partial charge on any atom is 0.185 e. The largest absolute Gasteiger partial charge is 0.393 e. The molecule has 0 spiro atoms. The molecule has 0 aliphatic heterocycles. The summed E-state index contributed by atoms with van der Waals surface area (Å²) in [6.45, 7) is 3.22. The zero-order valence-corrected chi connectivity index (χ0v) is 17.1. The molecule has 0 rings (SSSR count). The summed E-state index contributed by atoms with van der Waals surface area (Å²) in [5, 5.41) is 28.2. The second-order valence-electron chi connectivity index (χ2n) is 6.96. The molecular formula is C19H37O5P. The third-order valence-corrected chi connectivity index (χ3v) is 5.56. The molecule has 25 heavy (non-hydrogen) atoms. The normalized spacial score (nSPS) is 16.2. The number of aliphatic hydroxyl groups is 3. The van der Waals surface area contributed by atoms with Gasteiger partial charge in [-0.05, 0) is 12.8 Å². The lowest BCUT2D eigenvalue weighted by atomic mass is 9.85. The van der Waals surface area contributed by atoms with Crippen LogP contribution < -0.4 is 0 Å². The van der Waals surface area contributed by atoms with Crippen molar-refractivity contribution in [3.8, 4) is 0 Å². The minimum absolute atomic E-state index is 0.0429. The Morgan fingerprint density at radius 3 is 1.56 bits per heavy atom. The number of aliphatic hydroxyl groups excluding tert-OH is 1. The molecule has 0 amide bonds. The van der Waals surface area contributed by atoms with E-state index in [9.17, 15) is 24.9 Å². The number of hydrogen-bond acceptors (Lipinski definition) is 5. The van der Waals surface area contributed by atoms with E-state index in [1.165, 1.54) is 0 Å². The number of carbonyl (C=O) groups is 2. The number of rotatable bonds is 16. The van der Waals surface area contributed by atoms with Gasteiger partial charge < -0.3 is 15.3 Å². The van der Waals surface area contributed by atoms with Crippen molar-refractivity contribution >= 4 is 20.8 Å². The van der Waals surface area contributed by atoms with Gasteiger partial charge in [-0.2, -0.15) is 0 Å². The topological polar surface area (TPSA) is 94.8 Å². The Hall–Kier alpha value is -0.350.